The molecule has 0 aliphatic heterocycles. The van der Waals surface area contributed by atoms with Gasteiger partial charge in [0, 0.05) is 14.0 Å². The average molecular weight is 309 g/mol. The summed E-state index contributed by atoms with van der Waals surface area (Å²) in [4.78, 5) is 0. The summed E-state index contributed by atoms with van der Waals surface area (Å²) in [6.45, 7) is -3.07. The van der Waals surface area contributed by atoms with E-state index in [4.69, 9.17) is 30.6 Å². The summed E-state index contributed by atoms with van der Waals surface area (Å²) in [5.41, 5.74) is 0. The molecule has 0 fully saturated rings. The van der Waals surface area contributed by atoms with E-state index in [1.807, 2.05) is 0 Å². The first kappa shape index (κ1) is 17.2. The van der Waals surface area contributed by atoms with Crippen molar-refractivity contribution in [2.75, 3.05) is 55.4 Å². The third kappa shape index (κ3) is 4.07. The Bertz CT molecular complexity index is 351. The molecule has 21 heavy (non-hydrogen) atoms. The number of nitrogens with zero attached hydrogens (tertiary/aromatic N) is 6. The van der Waals surface area contributed by atoms with E-state index in [-0.39, 0.29) is 0 Å². The minimum Gasteiger partial charge on any atom is -0.371 e. The molecular weight excluding hydrogens is 288 g/mol. The molecule has 120 valence electrons. The lowest BCUT2D eigenvalue weighted by Gasteiger charge is -2.13. The van der Waals surface area contributed by atoms with E-state index < -0.39 is 40.4 Å². The predicted octanol–water partition coefficient (Wildman–Crippen LogP) is -6.94. The maximum Gasteiger partial charge on any atom is 0.474 e. The highest BCUT2D eigenvalue weighted by Crippen LogP contribution is 1.77. The molecule has 0 radical (unpaired) electrons. The van der Waals surface area contributed by atoms with Crippen molar-refractivity contribution >= 4 is 0 Å². The molecule has 1 aromatic heterocycles. The van der Waals surface area contributed by atoms with Crippen LogP contribution in [0.15, 0.2) is 19.0 Å². The van der Waals surface area contributed by atoms with Gasteiger partial charge in [-0.05, 0) is 0 Å². The molecule has 0 atom stereocenters. The quantitative estimate of drug-likeness (QED) is 0.194. The van der Waals surface area contributed by atoms with Gasteiger partial charge in [0.2, 0.25) is 0 Å². The van der Waals surface area contributed by atoms with Crippen LogP contribution in [0, 0.1) is 0 Å². The molecule has 0 amide bonds. The number of hydrogen-bond acceptors (Lipinski definition) is 9. The second-order valence-electron chi connectivity index (χ2n) is 3.85. The molecule has 0 aliphatic carbocycles. The molecule has 0 aliphatic rings. The first-order chi connectivity index (χ1) is 10.1. The third-order valence-electron chi connectivity index (χ3n) is 2.67. The van der Waals surface area contributed by atoms with E-state index in [0.717, 1.165) is 15.0 Å². The van der Waals surface area contributed by atoms with Crippen molar-refractivity contribution in [2.24, 2.45) is 0 Å². The predicted molar refractivity (Wildman–Crippen MR) is 64.2 cm³/mol. The number of rotatable bonds is 9. The second-order valence-corrected chi connectivity index (χ2v) is 3.85. The van der Waals surface area contributed by atoms with Crippen molar-refractivity contribution in [1.29, 1.82) is 0 Å². The molecule has 0 saturated carbocycles. The number of hydrogen-bond donors (Lipinski definition) is 6. The van der Waals surface area contributed by atoms with Crippen LogP contribution in [-0.2, 0) is 0 Å². The zero-order valence-corrected chi connectivity index (χ0v) is 11.3. The molecule has 1 rings (SSSR count). The topological polar surface area (TPSA) is 143 Å². The van der Waals surface area contributed by atoms with E-state index in [1.165, 1.54) is 33.0 Å². The monoisotopic (exact) mass is 309 g/mol. The lowest BCUT2D eigenvalue weighted by atomic mass is 10.8. The summed E-state index contributed by atoms with van der Waals surface area (Å²) in [7, 11) is 0. The van der Waals surface area contributed by atoms with Crippen LogP contribution in [0.5, 0.6) is 0 Å². The van der Waals surface area contributed by atoms with E-state index in [9.17, 15) is 0 Å². The van der Waals surface area contributed by atoms with E-state index >= 15 is 0 Å². The van der Waals surface area contributed by atoms with Crippen molar-refractivity contribution in [3.8, 4) is 0 Å². The van der Waals surface area contributed by atoms with Gasteiger partial charge in [0.25, 0.3) is 0 Å². The van der Waals surface area contributed by atoms with Crippen molar-refractivity contribution in [3.63, 3.8) is 0 Å². The molecular formula is C9H21N6O6+3. The maximum absolute atomic E-state index is 9.17. The van der Waals surface area contributed by atoms with Crippen molar-refractivity contribution < 1.29 is 44.7 Å². The van der Waals surface area contributed by atoms with Crippen molar-refractivity contribution in [2.45, 2.75) is 0 Å². The Hall–Kier alpha value is -1.83. The normalized spacial score (nSPS) is 10.6. The first-order valence-electron chi connectivity index (χ1n) is 5.94. The van der Waals surface area contributed by atoms with Gasteiger partial charge in [-0.2, -0.15) is 0 Å². The van der Waals surface area contributed by atoms with Crippen molar-refractivity contribution in [3.05, 3.63) is 19.0 Å². The second kappa shape index (κ2) is 8.46. The fourth-order valence-corrected chi connectivity index (χ4v) is 1.46. The smallest absolute Gasteiger partial charge is 0.371 e. The molecule has 0 unspecified atom stereocenters. The number of aliphatic hydroxyl groups excluding tert-OH is 6. The molecule has 12 nitrogen and oxygen atoms in total. The molecule has 12 heteroatoms. The minimum atomic E-state index is -0.512. The average Bonchev–Trinajstić information content (AvgIpc) is 2.51. The maximum atomic E-state index is 9.17. The number of aliphatic hydroxyl groups is 6. The molecule has 0 bridgehead atoms. The largest absolute Gasteiger partial charge is 0.474 e. The van der Waals surface area contributed by atoms with Crippen LogP contribution in [0.3, 0.4) is 0 Å². The van der Waals surface area contributed by atoms with Crippen LogP contribution in [0.4, 0.5) is 0 Å². The fourth-order valence-electron chi connectivity index (χ4n) is 1.46. The lowest BCUT2D eigenvalue weighted by Crippen LogP contribution is -2.76. The van der Waals surface area contributed by atoms with Gasteiger partial charge in [0.1, 0.15) is 0 Å². The number of aromatic nitrogens is 3. The molecule has 1 aromatic rings. The van der Waals surface area contributed by atoms with Crippen LogP contribution in [0.25, 0.3) is 0 Å². The van der Waals surface area contributed by atoms with E-state index in [0.29, 0.717) is 0 Å². The Morgan fingerprint density at radius 1 is 0.476 bits per heavy atom. The van der Waals surface area contributed by atoms with E-state index in [1.54, 1.807) is 0 Å². The minimum absolute atomic E-state index is 0.512. The zero-order valence-electron chi connectivity index (χ0n) is 11.3. The summed E-state index contributed by atoms with van der Waals surface area (Å²) in [5, 5.41) is 58.3. The van der Waals surface area contributed by atoms with Gasteiger partial charge in [-0.25, -0.2) is 0 Å². The Labute approximate surface area is 120 Å². The summed E-state index contributed by atoms with van der Waals surface area (Å²) in [6, 6.07) is 0. The lowest BCUT2D eigenvalue weighted by molar-refractivity contribution is -0.941. The Kier molecular flexibility index (Phi) is 6.93. The van der Waals surface area contributed by atoms with Crippen molar-refractivity contribution in [1.82, 2.24) is 0 Å². The van der Waals surface area contributed by atoms with Gasteiger partial charge < -0.3 is 30.6 Å². The molecule has 1 heterocycles. The summed E-state index contributed by atoms with van der Waals surface area (Å²) in [5.74, 6) is 0. The third-order valence-corrected chi connectivity index (χ3v) is 2.67. The Morgan fingerprint density at radius 3 is 0.810 bits per heavy atom. The van der Waals surface area contributed by atoms with Crippen LogP contribution >= 0.6 is 0 Å². The molecule has 6 N–H and O–H groups in total. The van der Waals surface area contributed by atoms with Gasteiger partial charge >= 0.3 is 19.0 Å². The van der Waals surface area contributed by atoms with E-state index in [2.05, 4.69) is 0 Å². The Balaban J connectivity index is 3.30. The van der Waals surface area contributed by atoms with Crippen LogP contribution in [0.2, 0.25) is 0 Å². The highest BCUT2D eigenvalue weighted by Gasteiger charge is 2.31. The molecule has 0 saturated heterocycles. The molecule has 0 aromatic carbocycles. The zero-order chi connectivity index (χ0) is 15.8. The van der Waals surface area contributed by atoms with Gasteiger partial charge in [0.15, 0.2) is 40.4 Å². The first-order valence-corrected chi connectivity index (χ1v) is 5.94. The van der Waals surface area contributed by atoms with Crippen LogP contribution < -0.4 is 29.1 Å². The van der Waals surface area contributed by atoms with Gasteiger partial charge in [-0.3, -0.25) is 0 Å². The summed E-state index contributed by atoms with van der Waals surface area (Å²) in [6.07, 6.45) is 4.05. The van der Waals surface area contributed by atoms with Gasteiger partial charge in [-0.1, -0.05) is 0 Å². The molecule has 0 spiro atoms. The van der Waals surface area contributed by atoms with Crippen LogP contribution in [0.1, 0.15) is 0 Å². The summed E-state index contributed by atoms with van der Waals surface area (Å²) >= 11 is 0. The standard InChI is InChI=1S/C9H21N6O6/c16-4-13(5-17)10-1-11(14(6-18)7-19)3-12(2-10)15(8-20)9-21/h1-3,16-21H,4-9H2/q+3. The van der Waals surface area contributed by atoms with Crippen LogP contribution in [-0.4, -0.2) is 71.0 Å². The summed E-state index contributed by atoms with van der Waals surface area (Å²) < 4.78 is 3.74. The highest BCUT2D eigenvalue weighted by atomic mass is 16.3. The highest BCUT2D eigenvalue weighted by molar-refractivity contribution is 4.57. The van der Waals surface area contributed by atoms with Gasteiger partial charge in [-0.15, -0.1) is 15.0 Å². The fraction of sp³-hybridized carbons (Fsp3) is 0.667. The van der Waals surface area contributed by atoms with Gasteiger partial charge in [0.05, 0.1) is 0 Å². The Morgan fingerprint density at radius 2 is 0.667 bits per heavy atom. The SMILES string of the molecule is OCN(CO)[n+]1c[n+](N(CO)CO)c[n+](N(CO)CO)c1.